The minimum absolute atomic E-state index is 0.0556. The van der Waals surface area contributed by atoms with Gasteiger partial charge in [0, 0.05) is 0 Å². The third-order valence-electron chi connectivity index (χ3n) is 1.51. The van der Waals surface area contributed by atoms with Crippen LogP contribution in [0.3, 0.4) is 0 Å². The Hall–Kier alpha value is -1.23. The van der Waals surface area contributed by atoms with Crippen molar-refractivity contribution in [1.29, 1.82) is 0 Å². The largest absolute Gasteiger partial charge is 0.493 e. The van der Waals surface area contributed by atoms with Crippen LogP contribution < -0.4 is 4.74 Å². The maximum Gasteiger partial charge on any atom is 0.284 e. The molecule has 0 unspecified atom stereocenters. The number of nitrogens with zero attached hydrogens (tertiary/aromatic N) is 1. The molecule has 1 heterocycles. The van der Waals surface area contributed by atoms with Gasteiger partial charge in [0.05, 0.1) is 12.1 Å². The maximum absolute atomic E-state index is 12.4. The van der Waals surface area contributed by atoms with Crippen LogP contribution in [0, 0.1) is 0 Å². The monoisotopic (exact) mass is 221 g/mol. The Kier molecular flexibility index (Phi) is 3.35. The first kappa shape index (κ1) is 10.8. The average molecular weight is 222 g/mol. The lowest BCUT2D eigenvalue weighted by atomic mass is 10.3. The van der Waals surface area contributed by atoms with E-state index in [9.17, 15) is 13.6 Å². The molecule has 6 heteroatoms. The maximum atomic E-state index is 12.4. The fraction of sp³-hybridized carbons (Fsp3) is 0.250. The van der Waals surface area contributed by atoms with E-state index >= 15 is 0 Å². The highest BCUT2D eigenvalue weighted by Gasteiger charge is 2.19. The molecule has 0 atom stereocenters. The van der Waals surface area contributed by atoms with Crippen LogP contribution in [-0.2, 0) is 0 Å². The van der Waals surface area contributed by atoms with Crippen molar-refractivity contribution in [2.45, 2.75) is 6.43 Å². The van der Waals surface area contributed by atoms with Crippen LogP contribution in [0.4, 0.5) is 8.78 Å². The number of alkyl halides is 2. The van der Waals surface area contributed by atoms with E-state index in [0.29, 0.717) is 6.29 Å². The molecule has 1 aromatic heterocycles. The van der Waals surface area contributed by atoms with Crippen LogP contribution in [0.2, 0.25) is 5.02 Å². The fourth-order valence-electron chi connectivity index (χ4n) is 0.950. The molecule has 0 N–H and O–H groups in total. The molecule has 76 valence electrons. The lowest BCUT2D eigenvalue weighted by Crippen LogP contribution is -2.00. The highest BCUT2D eigenvalue weighted by atomic mass is 35.5. The van der Waals surface area contributed by atoms with E-state index in [1.807, 2.05) is 0 Å². The Morgan fingerprint density at radius 2 is 2.29 bits per heavy atom. The summed E-state index contributed by atoms with van der Waals surface area (Å²) in [7, 11) is 1.20. The average Bonchev–Trinajstić information content (AvgIpc) is 2.16. The van der Waals surface area contributed by atoms with Gasteiger partial charge in [-0.3, -0.25) is 4.79 Å². The molecular weight excluding hydrogens is 216 g/mol. The zero-order valence-corrected chi connectivity index (χ0v) is 7.89. The highest BCUT2D eigenvalue weighted by Crippen LogP contribution is 2.33. The van der Waals surface area contributed by atoms with Crippen molar-refractivity contribution in [3.8, 4) is 5.75 Å². The molecule has 0 saturated carbocycles. The number of pyridine rings is 1. The number of ether oxygens (including phenoxy) is 1. The molecule has 14 heavy (non-hydrogen) atoms. The first-order chi connectivity index (χ1) is 6.60. The van der Waals surface area contributed by atoms with Crippen molar-refractivity contribution in [2.24, 2.45) is 0 Å². The van der Waals surface area contributed by atoms with Gasteiger partial charge in [0.2, 0.25) is 0 Å². The van der Waals surface area contributed by atoms with Crippen LogP contribution in [-0.4, -0.2) is 18.4 Å². The van der Waals surface area contributed by atoms with E-state index < -0.39 is 12.1 Å². The lowest BCUT2D eigenvalue weighted by molar-refractivity contribution is 0.111. The Balaban J connectivity index is 3.35. The number of aldehydes is 1. The second-order valence-electron chi connectivity index (χ2n) is 2.37. The molecule has 0 aliphatic rings. The Morgan fingerprint density at radius 3 is 2.71 bits per heavy atom. The van der Waals surface area contributed by atoms with Gasteiger partial charge in [-0.15, -0.1) is 0 Å². The number of hydrogen-bond acceptors (Lipinski definition) is 3. The normalized spacial score (nSPS) is 10.4. The smallest absolute Gasteiger partial charge is 0.284 e. The zero-order chi connectivity index (χ0) is 10.7. The Labute approximate surface area is 83.7 Å². The van der Waals surface area contributed by atoms with Crippen LogP contribution in [0.25, 0.3) is 0 Å². The molecule has 3 nitrogen and oxygen atoms in total. The van der Waals surface area contributed by atoms with Crippen LogP contribution in [0.5, 0.6) is 5.75 Å². The molecule has 0 aliphatic heterocycles. The Bertz CT molecular complexity index is 357. The summed E-state index contributed by atoms with van der Waals surface area (Å²) in [6, 6.07) is 1.17. The lowest BCUT2D eigenvalue weighted by Gasteiger charge is -2.08. The van der Waals surface area contributed by atoms with Crippen LogP contribution in [0.1, 0.15) is 22.6 Å². The molecule has 0 saturated heterocycles. The summed E-state index contributed by atoms with van der Waals surface area (Å²) in [6.07, 6.45) is -2.49. The SMILES string of the molecule is COc1c(Cl)cc(C=O)nc1C(F)F. The third-order valence-corrected chi connectivity index (χ3v) is 1.79. The van der Waals surface area contributed by atoms with E-state index in [0.717, 1.165) is 0 Å². The van der Waals surface area contributed by atoms with Gasteiger partial charge in [0.1, 0.15) is 5.69 Å². The second-order valence-corrected chi connectivity index (χ2v) is 2.77. The van der Waals surface area contributed by atoms with E-state index in [-0.39, 0.29) is 16.5 Å². The van der Waals surface area contributed by atoms with Crippen LogP contribution >= 0.6 is 11.6 Å². The first-order valence-electron chi connectivity index (χ1n) is 3.58. The summed E-state index contributed by atoms with van der Waals surface area (Å²) in [6.45, 7) is 0. The zero-order valence-electron chi connectivity index (χ0n) is 7.13. The standard InChI is InChI=1S/C8H6ClF2NO2/c1-14-7-5(9)2-4(3-13)12-6(7)8(10)11/h2-3,8H,1H3. The van der Waals surface area contributed by atoms with Crippen molar-refractivity contribution in [1.82, 2.24) is 4.98 Å². The van der Waals surface area contributed by atoms with Gasteiger partial charge in [-0.25, -0.2) is 13.8 Å². The number of carbonyl (C=O) groups is 1. The first-order valence-corrected chi connectivity index (χ1v) is 3.95. The summed E-state index contributed by atoms with van der Waals surface area (Å²) < 4.78 is 29.4. The molecule has 0 radical (unpaired) electrons. The molecule has 0 amide bonds. The van der Waals surface area contributed by atoms with Crippen molar-refractivity contribution in [3.63, 3.8) is 0 Å². The molecule has 0 fully saturated rings. The molecule has 0 bridgehead atoms. The number of halogens is 3. The minimum Gasteiger partial charge on any atom is -0.493 e. The van der Waals surface area contributed by atoms with Gasteiger partial charge < -0.3 is 4.74 Å². The van der Waals surface area contributed by atoms with Gasteiger partial charge in [-0.1, -0.05) is 11.6 Å². The minimum atomic E-state index is -2.83. The molecule has 1 rings (SSSR count). The number of methoxy groups -OCH3 is 1. The quantitative estimate of drug-likeness (QED) is 0.736. The van der Waals surface area contributed by atoms with Gasteiger partial charge in [0.25, 0.3) is 6.43 Å². The number of hydrogen-bond donors (Lipinski definition) is 0. The molecular formula is C8H6ClF2NO2. The van der Waals surface area contributed by atoms with Crippen molar-refractivity contribution < 1.29 is 18.3 Å². The van der Waals surface area contributed by atoms with E-state index in [1.165, 1.54) is 13.2 Å². The summed E-state index contributed by atoms with van der Waals surface area (Å²) in [5.41, 5.74) is -0.770. The van der Waals surface area contributed by atoms with Gasteiger partial charge in [-0.05, 0) is 6.07 Å². The Morgan fingerprint density at radius 1 is 1.64 bits per heavy atom. The van der Waals surface area contributed by atoms with Gasteiger partial charge >= 0.3 is 0 Å². The fourth-order valence-corrected chi connectivity index (χ4v) is 1.24. The van der Waals surface area contributed by atoms with E-state index in [2.05, 4.69) is 9.72 Å². The van der Waals surface area contributed by atoms with E-state index in [1.54, 1.807) is 0 Å². The third kappa shape index (κ3) is 1.98. The second kappa shape index (κ2) is 4.32. The number of carbonyl (C=O) groups excluding carboxylic acids is 1. The molecule has 1 aromatic rings. The predicted molar refractivity (Wildman–Crippen MR) is 46.1 cm³/mol. The van der Waals surface area contributed by atoms with Gasteiger partial charge in [-0.2, -0.15) is 0 Å². The highest BCUT2D eigenvalue weighted by molar-refractivity contribution is 6.32. The number of aromatic nitrogens is 1. The molecule has 0 aliphatic carbocycles. The summed E-state index contributed by atoms with van der Waals surface area (Å²) in [5, 5.41) is -0.0556. The molecule has 0 aromatic carbocycles. The summed E-state index contributed by atoms with van der Waals surface area (Å²) in [4.78, 5) is 13.7. The number of rotatable bonds is 3. The van der Waals surface area contributed by atoms with Crippen molar-refractivity contribution in [2.75, 3.05) is 7.11 Å². The summed E-state index contributed by atoms with van der Waals surface area (Å²) >= 11 is 5.60. The topological polar surface area (TPSA) is 39.2 Å². The molecule has 0 spiro atoms. The van der Waals surface area contributed by atoms with Gasteiger partial charge in [0.15, 0.2) is 17.7 Å². The predicted octanol–water partition coefficient (Wildman–Crippen LogP) is 2.49. The summed E-state index contributed by atoms with van der Waals surface area (Å²) in [5.74, 6) is -0.202. The van der Waals surface area contributed by atoms with E-state index in [4.69, 9.17) is 11.6 Å². The van der Waals surface area contributed by atoms with Crippen LogP contribution in [0.15, 0.2) is 6.07 Å². The van der Waals surface area contributed by atoms with Crippen molar-refractivity contribution >= 4 is 17.9 Å². The van der Waals surface area contributed by atoms with Crippen molar-refractivity contribution in [3.05, 3.63) is 22.5 Å².